The van der Waals surface area contributed by atoms with E-state index in [9.17, 15) is 14.0 Å². The number of benzene rings is 3. The fraction of sp³-hybridized carbons (Fsp3) is 0.167. The van der Waals surface area contributed by atoms with Crippen molar-refractivity contribution in [2.75, 3.05) is 9.96 Å². The lowest BCUT2D eigenvalue weighted by Gasteiger charge is -2.29. The summed E-state index contributed by atoms with van der Waals surface area (Å²) in [6.07, 6.45) is -0.938. The number of carbonyl (C=O) groups is 2. The molecule has 0 N–H and O–H groups in total. The molecule has 2 aliphatic heterocycles. The Morgan fingerprint density at radius 3 is 2.20 bits per heavy atom. The Labute approximate surface area is 173 Å². The predicted molar refractivity (Wildman–Crippen MR) is 110 cm³/mol. The van der Waals surface area contributed by atoms with Crippen LogP contribution in [0.15, 0.2) is 78.9 Å². The van der Waals surface area contributed by atoms with Gasteiger partial charge in [-0.2, -0.15) is 0 Å². The van der Waals surface area contributed by atoms with E-state index in [0.29, 0.717) is 11.3 Å². The Bertz CT molecular complexity index is 1120. The van der Waals surface area contributed by atoms with E-state index < -0.39 is 18.1 Å². The van der Waals surface area contributed by atoms with Gasteiger partial charge in [-0.05, 0) is 48.4 Å². The zero-order valence-corrected chi connectivity index (χ0v) is 16.2. The van der Waals surface area contributed by atoms with Crippen molar-refractivity contribution in [2.45, 2.75) is 19.1 Å². The molecule has 5 nitrogen and oxygen atoms in total. The molecule has 6 heteroatoms. The molecule has 2 saturated heterocycles. The molecular weight excluding hydrogens is 383 g/mol. The summed E-state index contributed by atoms with van der Waals surface area (Å²) in [4.78, 5) is 33.9. The minimum Gasteiger partial charge on any atom is -0.273 e. The summed E-state index contributed by atoms with van der Waals surface area (Å²) in [5.74, 6) is -1.81. The molecule has 2 heterocycles. The van der Waals surface area contributed by atoms with Crippen molar-refractivity contribution < 1.29 is 18.8 Å². The summed E-state index contributed by atoms with van der Waals surface area (Å²) >= 11 is 0. The van der Waals surface area contributed by atoms with E-state index in [0.717, 1.165) is 11.3 Å². The van der Waals surface area contributed by atoms with E-state index in [4.69, 9.17) is 4.84 Å². The lowest BCUT2D eigenvalue weighted by Crippen LogP contribution is -2.37. The molecular formula is C24H19FN2O3. The lowest BCUT2D eigenvalue weighted by atomic mass is 9.90. The van der Waals surface area contributed by atoms with Crippen LogP contribution in [0, 0.1) is 18.7 Å². The second kappa shape index (κ2) is 7.07. The van der Waals surface area contributed by atoms with Crippen molar-refractivity contribution in [3.8, 4) is 0 Å². The number of rotatable bonds is 3. The molecule has 2 aliphatic rings. The molecule has 3 aromatic rings. The van der Waals surface area contributed by atoms with Crippen LogP contribution in [0.1, 0.15) is 17.2 Å². The molecule has 3 aromatic carbocycles. The Morgan fingerprint density at radius 1 is 0.833 bits per heavy atom. The van der Waals surface area contributed by atoms with Gasteiger partial charge < -0.3 is 0 Å². The minimum atomic E-state index is -0.938. The first-order valence-electron chi connectivity index (χ1n) is 9.76. The zero-order chi connectivity index (χ0) is 20.8. The number of hydroxylamine groups is 1. The van der Waals surface area contributed by atoms with Crippen molar-refractivity contribution in [3.63, 3.8) is 0 Å². The largest absolute Gasteiger partial charge is 0.273 e. The molecule has 2 amide bonds. The number of halogens is 1. The number of para-hydroxylation sites is 2. The number of hydrogen-bond donors (Lipinski definition) is 0. The number of imide groups is 1. The van der Waals surface area contributed by atoms with Crippen LogP contribution in [-0.4, -0.2) is 17.9 Å². The van der Waals surface area contributed by atoms with Gasteiger partial charge in [-0.15, -0.1) is 0 Å². The van der Waals surface area contributed by atoms with Gasteiger partial charge in [-0.1, -0.05) is 48.5 Å². The first-order chi connectivity index (χ1) is 14.6. The third kappa shape index (κ3) is 2.80. The lowest BCUT2D eigenvalue weighted by molar-refractivity contribution is -0.126. The van der Waals surface area contributed by atoms with Crippen LogP contribution in [-0.2, 0) is 14.4 Å². The average molecular weight is 402 g/mol. The first kappa shape index (κ1) is 18.5. The standard InChI is InChI=1S/C24H19FN2O3/c1-15-7-5-6-10-19(15)27-21(16-11-13-17(25)14-12-16)20-22(30-27)24(29)26(23(20)28)18-8-3-2-4-9-18/h2-14,20-22H,1H3/t20-,21+,22+/m1/s1. The molecule has 30 heavy (non-hydrogen) atoms. The van der Waals surface area contributed by atoms with Gasteiger partial charge in [0, 0.05) is 0 Å². The maximum Gasteiger partial charge on any atom is 0.266 e. The smallest absolute Gasteiger partial charge is 0.266 e. The Hall–Kier alpha value is -3.51. The summed E-state index contributed by atoms with van der Waals surface area (Å²) in [5.41, 5.74) is 2.95. The van der Waals surface area contributed by atoms with Crippen LogP contribution >= 0.6 is 0 Å². The third-order valence-electron chi connectivity index (χ3n) is 5.69. The van der Waals surface area contributed by atoms with Crippen molar-refractivity contribution in [2.24, 2.45) is 5.92 Å². The highest BCUT2D eigenvalue weighted by Crippen LogP contribution is 2.48. The number of fused-ring (bicyclic) bond motifs is 1. The second-order valence-electron chi connectivity index (χ2n) is 7.51. The van der Waals surface area contributed by atoms with Crippen LogP contribution in [0.4, 0.5) is 15.8 Å². The van der Waals surface area contributed by atoms with Gasteiger partial charge in [0.15, 0.2) is 6.10 Å². The number of amides is 2. The highest BCUT2D eigenvalue weighted by Gasteiger charge is 2.60. The van der Waals surface area contributed by atoms with Gasteiger partial charge in [0.1, 0.15) is 11.7 Å². The highest BCUT2D eigenvalue weighted by molar-refractivity contribution is 6.23. The maximum absolute atomic E-state index is 13.6. The Balaban J connectivity index is 1.61. The molecule has 0 aromatic heterocycles. The molecule has 0 spiro atoms. The summed E-state index contributed by atoms with van der Waals surface area (Å²) in [6.45, 7) is 1.94. The molecule has 150 valence electrons. The van der Waals surface area contributed by atoms with Gasteiger partial charge in [0.2, 0.25) is 5.91 Å². The summed E-state index contributed by atoms with van der Waals surface area (Å²) < 4.78 is 13.6. The highest BCUT2D eigenvalue weighted by atomic mass is 19.1. The topological polar surface area (TPSA) is 49.9 Å². The van der Waals surface area contributed by atoms with E-state index in [2.05, 4.69) is 0 Å². The van der Waals surface area contributed by atoms with E-state index in [1.165, 1.54) is 17.0 Å². The second-order valence-corrected chi connectivity index (χ2v) is 7.51. The summed E-state index contributed by atoms with van der Waals surface area (Å²) in [5, 5.41) is 1.63. The molecule has 2 fully saturated rings. The molecule has 3 atom stereocenters. The van der Waals surface area contributed by atoms with Crippen molar-refractivity contribution in [1.82, 2.24) is 0 Å². The van der Waals surface area contributed by atoms with Gasteiger partial charge in [-0.3, -0.25) is 14.4 Å². The monoisotopic (exact) mass is 402 g/mol. The predicted octanol–water partition coefficient (Wildman–Crippen LogP) is 4.19. The fourth-order valence-electron chi connectivity index (χ4n) is 4.26. The first-order valence-corrected chi connectivity index (χ1v) is 9.76. The van der Waals surface area contributed by atoms with Crippen molar-refractivity contribution in [1.29, 1.82) is 0 Å². The van der Waals surface area contributed by atoms with E-state index >= 15 is 0 Å². The van der Waals surface area contributed by atoms with E-state index in [1.54, 1.807) is 41.5 Å². The van der Waals surface area contributed by atoms with Gasteiger partial charge in [0.25, 0.3) is 5.91 Å². The number of carbonyl (C=O) groups excluding carboxylic acids is 2. The van der Waals surface area contributed by atoms with Crippen molar-refractivity contribution >= 4 is 23.2 Å². The number of anilines is 2. The fourth-order valence-corrected chi connectivity index (χ4v) is 4.26. The molecule has 0 saturated carbocycles. The number of aryl methyl sites for hydroxylation is 1. The SMILES string of the molecule is Cc1ccccc1N1O[C@@H]2C(=O)N(c3ccccc3)C(=O)[C@@H]2[C@@H]1c1ccc(F)cc1. The molecule has 0 unspecified atom stereocenters. The van der Waals surface area contributed by atoms with Crippen LogP contribution < -0.4 is 9.96 Å². The van der Waals surface area contributed by atoms with Crippen LogP contribution in [0.25, 0.3) is 0 Å². The minimum absolute atomic E-state index is 0.318. The number of nitrogens with zero attached hydrogens (tertiary/aromatic N) is 2. The van der Waals surface area contributed by atoms with Gasteiger partial charge in [-0.25, -0.2) is 14.4 Å². The maximum atomic E-state index is 13.6. The normalized spacial score (nSPS) is 23.2. The molecule has 5 rings (SSSR count). The van der Waals surface area contributed by atoms with Gasteiger partial charge in [0.05, 0.1) is 17.4 Å². The quantitative estimate of drug-likeness (QED) is 0.617. The Morgan fingerprint density at radius 2 is 1.50 bits per heavy atom. The Kier molecular flexibility index (Phi) is 4.37. The van der Waals surface area contributed by atoms with E-state index in [1.807, 2.05) is 37.3 Å². The molecule has 0 radical (unpaired) electrons. The number of hydrogen-bond acceptors (Lipinski definition) is 4. The van der Waals surface area contributed by atoms with E-state index in [-0.39, 0.29) is 17.6 Å². The van der Waals surface area contributed by atoms with Gasteiger partial charge >= 0.3 is 0 Å². The third-order valence-corrected chi connectivity index (χ3v) is 5.69. The molecule has 0 aliphatic carbocycles. The summed E-state index contributed by atoms with van der Waals surface area (Å²) in [7, 11) is 0. The zero-order valence-electron chi connectivity index (χ0n) is 16.2. The summed E-state index contributed by atoms with van der Waals surface area (Å²) in [6, 6.07) is 21.9. The van der Waals surface area contributed by atoms with Crippen LogP contribution in [0.5, 0.6) is 0 Å². The van der Waals surface area contributed by atoms with Crippen LogP contribution in [0.3, 0.4) is 0 Å². The van der Waals surface area contributed by atoms with Crippen molar-refractivity contribution in [3.05, 3.63) is 95.8 Å². The molecule has 0 bridgehead atoms. The average Bonchev–Trinajstić information content (AvgIpc) is 3.26. The van der Waals surface area contributed by atoms with Crippen LogP contribution in [0.2, 0.25) is 0 Å².